The molecule has 1 aromatic rings. The molecule has 5 nitrogen and oxygen atoms in total. The Labute approximate surface area is 168 Å². The van der Waals surface area contributed by atoms with E-state index < -0.39 is 18.0 Å². The maximum Gasteiger partial charge on any atom is 0.374 e. The predicted molar refractivity (Wildman–Crippen MR) is 110 cm³/mol. The minimum Gasteiger partial charge on any atom is -0.487 e. The quantitative estimate of drug-likeness (QED) is 0.279. The Balaban J connectivity index is 2.83. The van der Waals surface area contributed by atoms with E-state index >= 15 is 0 Å². The van der Waals surface area contributed by atoms with Gasteiger partial charge in [0.15, 0.2) is 0 Å². The lowest BCUT2D eigenvalue weighted by atomic mass is 10.0. The van der Waals surface area contributed by atoms with Crippen LogP contribution >= 0.6 is 0 Å². The molecule has 2 unspecified atom stereocenters. The third-order valence-electron chi connectivity index (χ3n) is 4.20. The van der Waals surface area contributed by atoms with Gasteiger partial charge in [-0.05, 0) is 38.3 Å². The van der Waals surface area contributed by atoms with Gasteiger partial charge in [-0.25, -0.2) is 9.59 Å². The monoisotopic (exact) mass is 388 g/mol. The van der Waals surface area contributed by atoms with E-state index in [0.717, 1.165) is 25.7 Å². The van der Waals surface area contributed by atoms with Crippen molar-refractivity contribution in [3.8, 4) is 5.75 Å². The molecule has 0 heterocycles. The van der Waals surface area contributed by atoms with Gasteiger partial charge in [0, 0.05) is 11.6 Å². The van der Waals surface area contributed by atoms with Crippen LogP contribution in [0.4, 0.5) is 0 Å². The molecule has 0 saturated carbocycles. The highest BCUT2D eigenvalue weighted by Crippen LogP contribution is 2.16. The zero-order valence-corrected chi connectivity index (χ0v) is 17.4. The zero-order valence-electron chi connectivity index (χ0n) is 17.4. The summed E-state index contributed by atoms with van der Waals surface area (Å²) < 4.78 is 16.4. The summed E-state index contributed by atoms with van der Waals surface area (Å²) in [5.74, 6) is -0.584. The minimum atomic E-state index is -0.673. The molecule has 0 bridgehead atoms. The molecule has 0 spiro atoms. The van der Waals surface area contributed by atoms with E-state index in [9.17, 15) is 9.59 Å². The lowest BCUT2D eigenvalue weighted by molar-refractivity contribution is -0.150. The van der Waals surface area contributed by atoms with Crippen molar-refractivity contribution in [1.29, 1.82) is 0 Å². The molecule has 0 aromatic heterocycles. The van der Waals surface area contributed by atoms with Gasteiger partial charge in [-0.2, -0.15) is 0 Å². The molecule has 0 fully saturated rings. The highest BCUT2D eigenvalue weighted by atomic mass is 16.6. The summed E-state index contributed by atoms with van der Waals surface area (Å²) in [4.78, 5) is 24.5. The number of hydrogen-bond acceptors (Lipinski definition) is 5. The minimum absolute atomic E-state index is 0.179. The number of ether oxygens (including phenoxy) is 3. The van der Waals surface area contributed by atoms with Crippen molar-refractivity contribution in [2.24, 2.45) is 5.92 Å². The van der Waals surface area contributed by atoms with Crippen molar-refractivity contribution in [2.75, 3.05) is 6.61 Å². The van der Waals surface area contributed by atoms with Crippen LogP contribution in [0.2, 0.25) is 0 Å². The first kappa shape index (κ1) is 23.5. The molecule has 0 aliphatic rings. The fourth-order valence-corrected chi connectivity index (χ4v) is 2.45. The van der Waals surface area contributed by atoms with Gasteiger partial charge in [0.2, 0.25) is 5.76 Å². The van der Waals surface area contributed by atoms with Crippen LogP contribution in [0.3, 0.4) is 0 Å². The number of esters is 2. The summed E-state index contributed by atoms with van der Waals surface area (Å²) in [6.45, 7) is 11.3. The number of carbonyl (C=O) groups excluding carboxylic acids is 2. The molecule has 0 N–H and O–H groups in total. The molecule has 0 amide bonds. The van der Waals surface area contributed by atoms with Crippen molar-refractivity contribution >= 4 is 11.9 Å². The second kappa shape index (κ2) is 12.8. The first-order valence-corrected chi connectivity index (χ1v) is 9.85. The average molecular weight is 389 g/mol. The largest absolute Gasteiger partial charge is 0.487 e. The fourth-order valence-electron chi connectivity index (χ4n) is 2.45. The standard InChI is InChI=1S/C23H32O5/c1-6-8-12-19(7-2)16-26-23(25)21(28-22(24)17(3)4)15-18(5)27-20-13-10-9-11-14-20/h9-11,13-15,18-19H,3,6-8,12,16H2,1-2,4-5H3/b21-15-. The van der Waals surface area contributed by atoms with Crippen molar-refractivity contribution in [3.05, 3.63) is 54.3 Å². The van der Waals surface area contributed by atoms with Gasteiger partial charge in [-0.3, -0.25) is 0 Å². The first-order valence-electron chi connectivity index (χ1n) is 9.85. The summed E-state index contributed by atoms with van der Waals surface area (Å²) >= 11 is 0. The number of carbonyl (C=O) groups is 2. The third-order valence-corrected chi connectivity index (χ3v) is 4.20. The van der Waals surface area contributed by atoms with E-state index in [0.29, 0.717) is 18.3 Å². The summed E-state index contributed by atoms with van der Waals surface area (Å²) in [5, 5.41) is 0. The van der Waals surface area contributed by atoms with E-state index in [1.807, 2.05) is 30.3 Å². The molecule has 28 heavy (non-hydrogen) atoms. The van der Waals surface area contributed by atoms with Crippen LogP contribution in [-0.2, 0) is 19.1 Å². The molecule has 1 aromatic carbocycles. The number of benzene rings is 1. The molecule has 0 aliphatic heterocycles. The number of rotatable bonds is 12. The predicted octanol–water partition coefficient (Wildman–Crippen LogP) is 5.22. The Kier molecular flexibility index (Phi) is 10.7. The normalized spacial score (nSPS) is 13.4. The van der Waals surface area contributed by atoms with Gasteiger partial charge < -0.3 is 14.2 Å². The van der Waals surface area contributed by atoms with Gasteiger partial charge in [0.1, 0.15) is 11.9 Å². The van der Waals surface area contributed by atoms with Crippen LogP contribution in [0.1, 0.15) is 53.4 Å². The van der Waals surface area contributed by atoms with Crippen molar-refractivity contribution in [2.45, 2.75) is 59.5 Å². The molecule has 0 saturated heterocycles. The van der Waals surface area contributed by atoms with Crippen molar-refractivity contribution < 1.29 is 23.8 Å². The van der Waals surface area contributed by atoms with Crippen LogP contribution < -0.4 is 4.74 Å². The molecular weight excluding hydrogens is 356 g/mol. The maximum atomic E-state index is 12.5. The number of unbranched alkanes of at least 4 members (excludes halogenated alkanes) is 1. The van der Waals surface area contributed by atoms with E-state index in [4.69, 9.17) is 14.2 Å². The number of para-hydroxylation sites is 1. The summed E-state index contributed by atoms with van der Waals surface area (Å²) in [6, 6.07) is 9.20. The van der Waals surface area contributed by atoms with Crippen LogP contribution in [0.5, 0.6) is 5.75 Å². The summed E-state index contributed by atoms with van der Waals surface area (Å²) in [7, 11) is 0. The lowest BCUT2D eigenvalue weighted by Crippen LogP contribution is -2.21. The van der Waals surface area contributed by atoms with Crippen molar-refractivity contribution in [1.82, 2.24) is 0 Å². The van der Waals surface area contributed by atoms with Gasteiger partial charge in [0.25, 0.3) is 0 Å². The molecular formula is C23H32O5. The second-order valence-corrected chi connectivity index (χ2v) is 6.85. The molecule has 2 atom stereocenters. The van der Waals surface area contributed by atoms with Gasteiger partial charge >= 0.3 is 11.9 Å². The van der Waals surface area contributed by atoms with Crippen molar-refractivity contribution in [3.63, 3.8) is 0 Å². The molecule has 0 radical (unpaired) electrons. The lowest BCUT2D eigenvalue weighted by Gasteiger charge is -2.17. The highest BCUT2D eigenvalue weighted by Gasteiger charge is 2.21. The van der Waals surface area contributed by atoms with E-state index in [2.05, 4.69) is 20.4 Å². The van der Waals surface area contributed by atoms with Crippen LogP contribution in [0.15, 0.2) is 54.3 Å². The van der Waals surface area contributed by atoms with E-state index in [1.54, 1.807) is 6.92 Å². The SMILES string of the molecule is C=C(C)C(=O)O/C(=C\C(C)Oc1ccccc1)C(=O)OCC(CC)CCCC. The highest BCUT2D eigenvalue weighted by molar-refractivity contribution is 5.94. The van der Waals surface area contributed by atoms with Gasteiger partial charge in [-0.15, -0.1) is 0 Å². The Morgan fingerprint density at radius 2 is 1.82 bits per heavy atom. The Morgan fingerprint density at radius 1 is 1.14 bits per heavy atom. The van der Waals surface area contributed by atoms with E-state index in [1.165, 1.54) is 13.0 Å². The van der Waals surface area contributed by atoms with Gasteiger partial charge in [-0.1, -0.05) is 57.9 Å². The molecule has 154 valence electrons. The third kappa shape index (κ3) is 8.89. The summed E-state index contributed by atoms with van der Waals surface area (Å²) in [6.07, 6.45) is 5.06. The van der Waals surface area contributed by atoms with E-state index in [-0.39, 0.29) is 11.3 Å². The second-order valence-electron chi connectivity index (χ2n) is 6.85. The fraction of sp³-hybridized carbons (Fsp3) is 0.478. The van der Waals surface area contributed by atoms with Gasteiger partial charge in [0.05, 0.1) is 6.61 Å². The Morgan fingerprint density at radius 3 is 2.39 bits per heavy atom. The molecule has 0 aliphatic carbocycles. The maximum absolute atomic E-state index is 12.5. The smallest absolute Gasteiger partial charge is 0.374 e. The topological polar surface area (TPSA) is 61.8 Å². The van der Waals surface area contributed by atoms with Crippen LogP contribution in [0.25, 0.3) is 0 Å². The Hall–Kier alpha value is -2.56. The first-order chi connectivity index (χ1) is 13.4. The molecule has 1 rings (SSSR count). The van der Waals surface area contributed by atoms with Crippen LogP contribution in [0, 0.1) is 5.92 Å². The average Bonchev–Trinajstić information content (AvgIpc) is 2.68. The zero-order chi connectivity index (χ0) is 20.9. The number of hydrogen-bond donors (Lipinski definition) is 0. The van der Waals surface area contributed by atoms with Crippen LogP contribution in [-0.4, -0.2) is 24.6 Å². The Bertz CT molecular complexity index is 663. The molecule has 5 heteroatoms. The summed E-state index contributed by atoms with van der Waals surface area (Å²) in [5.41, 5.74) is 0.199.